The second-order valence-electron chi connectivity index (χ2n) is 5.63. The number of nitrogens with one attached hydrogen (secondary N) is 2. The van der Waals surface area contributed by atoms with Crippen molar-refractivity contribution in [3.8, 4) is 0 Å². The first-order chi connectivity index (χ1) is 9.82. The van der Waals surface area contributed by atoms with E-state index in [4.69, 9.17) is 5.73 Å². The summed E-state index contributed by atoms with van der Waals surface area (Å²) in [7, 11) is 0. The zero-order valence-corrected chi connectivity index (χ0v) is 14.4. The van der Waals surface area contributed by atoms with Gasteiger partial charge in [-0.15, -0.1) is 12.4 Å². The molecule has 0 spiro atoms. The van der Waals surface area contributed by atoms with Crippen LogP contribution in [0, 0.1) is 12.8 Å². The molecule has 2 atom stereocenters. The lowest BCUT2D eigenvalue weighted by Crippen LogP contribution is -2.47. The highest BCUT2D eigenvalue weighted by atomic mass is 35.5. The minimum absolute atomic E-state index is 0. The largest absolute Gasteiger partial charge is 0.348 e. The summed E-state index contributed by atoms with van der Waals surface area (Å²) in [5.74, 6) is -0.488. The van der Waals surface area contributed by atoms with Crippen LogP contribution in [-0.4, -0.2) is 24.4 Å². The lowest BCUT2D eigenvalue weighted by Gasteiger charge is -2.18. The highest BCUT2D eigenvalue weighted by molar-refractivity contribution is 5.87. The molecule has 0 aromatic heterocycles. The number of rotatable bonds is 6. The molecule has 0 aliphatic carbocycles. The monoisotopic (exact) mass is 327 g/mol. The van der Waals surface area contributed by atoms with Gasteiger partial charge in [0.25, 0.3) is 0 Å². The van der Waals surface area contributed by atoms with Crippen LogP contribution in [0.3, 0.4) is 0 Å². The minimum atomic E-state index is -0.591. The van der Waals surface area contributed by atoms with E-state index < -0.39 is 6.04 Å². The number of carbonyl (C=O) groups excluding carboxylic acids is 2. The summed E-state index contributed by atoms with van der Waals surface area (Å²) in [6.07, 6.45) is 0. The Bertz CT molecular complexity index is 506. The molecule has 1 rings (SSSR count). The molecular formula is C16H26ClN3O2. The van der Waals surface area contributed by atoms with Gasteiger partial charge in [0.1, 0.15) is 0 Å². The van der Waals surface area contributed by atoms with Crippen LogP contribution in [0.1, 0.15) is 37.9 Å². The number of carbonyl (C=O) groups is 2. The van der Waals surface area contributed by atoms with Crippen molar-refractivity contribution in [1.82, 2.24) is 10.6 Å². The molecule has 2 amide bonds. The molecule has 6 heteroatoms. The average molecular weight is 328 g/mol. The molecule has 1 aromatic carbocycles. The van der Waals surface area contributed by atoms with Gasteiger partial charge in [-0.05, 0) is 30.9 Å². The van der Waals surface area contributed by atoms with Gasteiger partial charge in [0.2, 0.25) is 11.8 Å². The molecule has 0 aliphatic heterocycles. The summed E-state index contributed by atoms with van der Waals surface area (Å²) >= 11 is 0. The summed E-state index contributed by atoms with van der Waals surface area (Å²) in [6, 6.07) is 7.19. The Morgan fingerprint density at radius 2 is 1.77 bits per heavy atom. The smallest absolute Gasteiger partial charge is 0.239 e. The summed E-state index contributed by atoms with van der Waals surface area (Å²) < 4.78 is 0. The van der Waals surface area contributed by atoms with E-state index in [-0.39, 0.29) is 42.7 Å². The van der Waals surface area contributed by atoms with Crippen LogP contribution in [0.5, 0.6) is 0 Å². The number of amides is 2. The fourth-order valence-electron chi connectivity index (χ4n) is 2.03. The molecule has 1 aromatic rings. The number of benzene rings is 1. The Morgan fingerprint density at radius 1 is 1.18 bits per heavy atom. The molecule has 0 fully saturated rings. The van der Waals surface area contributed by atoms with E-state index in [1.807, 2.05) is 52.0 Å². The maximum Gasteiger partial charge on any atom is 0.239 e. The van der Waals surface area contributed by atoms with E-state index in [0.717, 1.165) is 11.1 Å². The second kappa shape index (κ2) is 9.43. The first-order valence-corrected chi connectivity index (χ1v) is 7.21. The number of hydrogen-bond donors (Lipinski definition) is 3. The quantitative estimate of drug-likeness (QED) is 0.743. The first-order valence-electron chi connectivity index (χ1n) is 7.21. The van der Waals surface area contributed by atoms with Gasteiger partial charge in [0, 0.05) is 0 Å². The normalized spacial score (nSPS) is 13.0. The first kappa shape index (κ1) is 20.4. The van der Waals surface area contributed by atoms with E-state index in [9.17, 15) is 9.59 Å². The standard InChI is InChI=1S/C16H25N3O2.ClH/c1-10(2)15(17)16(21)18-9-14(20)19-12(4)13-8-6-5-7-11(13)3;/h5-8,10,12,15H,9,17H2,1-4H3,(H,18,21)(H,19,20);1H/t12?,15-;/m0./s1. The van der Waals surface area contributed by atoms with Crippen molar-refractivity contribution >= 4 is 24.2 Å². The van der Waals surface area contributed by atoms with Gasteiger partial charge in [0.15, 0.2) is 0 Å². The average Bonchev–Trinajstić information content (AvgIpc) is 2.44. The van der Waals surface area contributed by atoms with E-state index in [1.54, 1.807) is 0 Å². The van der Waals surface area contributed by atoms with Crippen molar-refractivity contribution < 1.29 is 9.59 Å². The van der Waals surface area contributed by atoms with Gasteiger partial charge >= 0.3 is 0 Å². The van der Waals surface area contributed by atoms with E-state index >= 15 is 0 Å². The molecule has 0 bridgehead atoms. The fraction of sp³-hybridized carbons (Fsp3) is 0.500. The number of nitrogens with two attached hydrogens (primary N) is 1. The predicted molar refractivity (Wildman–Crippen MR) is 90.8 cm³/mol. The number of aryl methyl sites for hydroxylation is 1. The summed E-state index contributed by atoms with van der Waals surface area (Å²) in [6.45, 7) is 7.59. The van der Waals surface area contributed by atoms with Crippen LogP contribution in [0.25, 0.3) is 0 Å². The molecule has 0 heterocycles. The SMILES string of the molecule is Cc1ccccc1C(C)NC(=O)CNC(=O)[C@@H](N)C(C)C.Cl. The Kier molecular flexibility index (Phi) is 8.75. The van der Waals surface area contributed by atoms with E-state index in [1.165, 1.54) is 0 Å². The third-order valence-electron chi connectivity index (χ3n) is 3.48. The third kappa shape index (κ3) is 6.03. The Labute approximate surface area is 138 Å². The molecule has 4 N–H and O–H groups in total. The van der Waals surface area contributed by atoms with Crippen molar-refractivity contribution in [1.29, 1.82) is 0 Å². The maximum absolute atomic E-state index is 11.9. The van der Waals surface area contributed by atoms with Gasteiger partial charge in [0.05, 0.1) is 18.6 Å². The van der Waals surface area contributed by atoms with Crippen LogP contribution in [0.2, 0.25) is 0 Å². The molecule has 1 unspecified atom stereocenters. The zero-order chi connectivity index (χ0) is 16.0. The zero-order valence-electron chi connectivity index (χ0n) is 13.6. The second-order valence-corrected chi connectivity index (χ2v) is 5.63. The van der Waals surface area contributed by atoms with Gasteiger partial charge in [-0.1, -0.05) is 38.1 Å². The lowest BCUT2D eigenvalue weighted by atomic mass is 10.0. The molecule has 0 radical (unpaired) electrons. The topological polar surface area (TPSA) is 84.2 Å². The van der Waals surface area contributed by atoms with Crippen molar-refractivity contribution in [3.63, 3.8) is 0 Å². The summed E-state index contributed by atoms with van der Waals surface area (Å²) in [4.78, 5) is 23.6. The number of hydrogen-bond acceptors (Lipinski definition) is 3. The Hall–Kier alpha value is -1.59. The minimum Gasteiger partial charge on any atom is -0.348 e. The van der Waals surface area contributed by atoms with Crippen molar-refractivity contribution in [2.45, 2.75) is 39.8 Å². The van der Waals surface area contributed by atoms with Crippen LogP contribution < -0.4 is 16.4 Å². The molecule has 0 saturated carbocycles. The Balaban J connectivity index is 0.00000441. The third-order valence-corrected chi connectivity index (χ3v) is 3.48. The van der Waals surface area contributed by atoms with Gasteiger partial charge in [-0.3, -0.25) is 9.59 Å². The van der Waals surface area contributed by atoms with E-state index in [0.29, 0.717) is 0 Å². The van der Waals surface area contributed by atoms with Crippen molar-refractivity contribution in [2.75, 3.05) is 6.54 Å². The van der Waals surface area contributed by atoms with Crippen LogP contribution in [-0.2, 0) is 9.59 Å². The highest BCUT2D eigenvalue weighted by Crippen LogP contribution is 2.16. The molecule has 22 heavy (non-hydrogen) atoms. The van der Waals surface area contributed by atoms with Gasteiger partial charge in [-0.25, -0.2) is 0 Å². The van der Waals surface area contributed by atoms with Crippen molar-refractivity contribution in [3.05, 3.63) is 35.4 Å². The number of halogens is 1. The summed E-state index contributed by atoms with van der Waals surface area (Å²) in [5, 5.41) is 5.43. The van der Waals surface area contributed by atoms with Gasteiger partial charge in [-0.2, -0.15) is 0 Å². The van der Waals surface area contributed by atoms with E-state index in [2.05, 4.69) is 10.6 Å². The van der Waals surface area contributed by atoms with Crippen LogP contribution in [0.15, 0.2) is 24.3 Å². The molecule has 0 saturated heterocycles. The lowest BCUT2D eigenvalue weighted by molar-refractivity contribution is -0.127. The molecule has 5 nitrogen and oxygen atoms in total. The molecule has 124 valence electrons. The predicted octanol–water partition coefficient (Wildman–Crippen LogP) is 1.69. The fourth-order valence-corrected chi connectivity index (χ4v) is 2.03. The van der Waals surface area contributed by atoms with Crippen molar-refractivity contribution in [2.24, 2.45) is 11.7 Å². The van der Waals surface area contributed by atoms with Crippen LogP contribution in [0.4, 0.5) is 0 Å². The summed E-state index contributed by atoms with van der Waals surface area (Å²) in [5.41, 5.74) is 7.90. The Morgan fingerprint density at radius 3 is 2.32 bits per heavy atom. The van der Waals surface area contributed by atoms with Crippen LogP contribution >= 0.6 is 12.4 Å². The maximum atomic E-state index is 11.9. The molecular weight excluding hydrogens is 302 g/mol. The highest BCUT2D eigenvalue weighted by Gasteiger charge is 2.18. The van der Waals surface area contributed by atoms with Gasteiger partial charge < -0.3 is 16.4 Å². The molecule has 0 aliphatic rings.